The molecule has 48 heavy (non-hydrogen) atoms. The van der Waals surface area contributed by atoms with Crippen molar-refractivity contribution >= 4 is 60.6 Å². The maximum absolute atomic E-state index is 14.0. The van der Waals surface area contributed by atoms with Gasteiger partial charge >= 0.3 is 0 Å². The maximum atomic E-state index is 14.0. The van der Waals surface area contributed by atoms with Gasteiger partial charge in [-0.15, -0.1) is 0 Å². The number of fused-ring (bicyclic) bond motifs is 1. The summed E-state index contributed by atoms with van der Waals surface area (Å²) in [4.78, 5) is 31.6. The average molecular weight is 777 g/mol. The minimum Gasteiger partial charge on any atom is -0.496 e. The Bertz CT molecular complexity index is 2090. The van der Waals surface area contributed by atoms with E-state index in [0.717, 1.165) is 28.0 Å². The SMILES string of the molecule is CCOc1cc(C=Nn2c(-c3cc(C(C)C)c(OC)cc3C)nc3ccccc3c2=O)c(Br)c(Br)c1OCC(=O)Nc1ccccc1C. The molecule has 9 nitrogen and oxygen atoms in total. The van der Waals surface area contributed by atoms with Crippen molar-refractivity contribution in [1.29, 1.82) is 0 Å². The summed E-state index contributed by atoms with van der Waals surface area (Å²) >= 11 is 7.26. The standard InChI is InChI=1S/C37H36Br2N4O5/c1-7-47-31-17-24(33(38)34(39)35(31)48-20-32(44)41-28-14-10-8-12-22(28)4)19-40-43-36(42-29-15-11-9-13-25(29)37(43)45)27-18-26(21(2)3)30(46-6)16-23(27)5/h8-19,21H,7,20H2,1-6H3,(H,41,44). The fourth-order valence-corrected chi connectivity index (χ4v) is 6.16. The molecule has 0 aliphatic carbocycles. The van der Waals surface area contributed by atoms with Crippen LogP contribution in [0.5, 0.6) is 17.2 Å². The van der Waals surface area contributed by atoms with Crippen LogP contribution in [-0.4, -0.2) is 42.1 Å². The molecule has 0 fully saturated rings. The molecular formula is C37H36Br2N4O5. The van der Waals surface area contributed by atoms with Crippen LogP contribution in [0.3, 0.4) is 0 Å². The van der Waals surface area contributed by atoms with E-state index in [1.165, 1.54) is 4.68 Å². The minimum absolute atomic E-state index is 0.169. The highest BCUT2D eigenvalue weighted by atomic mass is 79.9. The molecule has 0 radical (unpaired) electrons. The minimum atomic E-state index is -0.314. The van der Waals surface area contributed by atoms with Crippen molar-refractivity contribution in [1.82, 2.24) is 9.66 Å². The molecule has 0 saturated heterocycles. The molecule has 1 N–H and O–H groups in total. The number of halogens is 2. The Labute approximate surface area is 296 Å². The highest BCUT2D eigenvalue weighted by molar-refractivity contribution is 9.13. The third-order valence-corrected chi connectivity index (χ3v) is 9.87. The molecular weight excluding hydrogens is 740 g/mol. The predicted octanol–water partition coefficient (Wildman–Crippen LogP) is 8.64. The number of rotatable bonds is 11. The molecule has 11 heteroatoms. The lowest BCUT2D eigenvalue weighted by Gasteiger charge is -2.18. The topological polar surface area (TPSA) is 104 Å². The third-order valence-electron chi connectivity index (χ3n) is 7.73. The maximum Gasteiger partial charge on any atom is 0.282 e. The van der Waals surface area contributed by atoms with E-state index in [9.17, 15) is 9.59 Å². The summed E-state index contributed by atoms with van der Waals surface area (Å²) in [5, 5.41) is 8.01. The summed E-state index contributed by atoms with van der Waals surface area (Å²) in [7, 11) is 1.65. The lowest BCUT2D eigenvalue weighted by atomic mass is 9.96. The average Bonchev–Trinajstić information content (AvgIpc) is 3.07. The smallest absolute Gasteiger partial charge is 0.282 e. The number of aromatic nitrogens is 2. The Morgan fingerprint density at radius 2 is 1.71 bits per heavy atom. The third kappa shape index (κ3) is 7.32. The van der Waals surface area contributed by atoms with Crippen LogP contribution < -0.4 is 25.1 Å². The Kier molecular flexibility index (Phi) is 11.0. The van der Waals surface area contributed by atoms with Gasteiger partial charge in [0.1, 0.15) is 5.75 Å². The molecule has 0 bridgehead atoms. The van der Waals surface area contributed by atoms with Crippen LogP contribution in [-0.2, 0) is 4.79 Å². The van der Waals surface area contributed by atoms with Crippen molar-refractivity contribution in [3.05, 3.63) is 108 Å². The summed E-state index contributed by atoms with van der Waals surface area (Å²) in [6, 6.07) is 20.5. The summed E-state index contributed by atoms with van der Waals surface area (Å²) in [5.74, 6) is 1.78. The number of carbonyl (C=O) groups is 1. The molecule has 1 aromatic heterocycles. The molecule has 0 unspecified atom stereocenters. The van der Waals surface area contributed by atoms with Gasteiger partial charge in [0.2, 0.25) is 0 Å². The van der Waals surface area contributed by atoms with Crippen LogP contribution >= 0.6 is 31.9 Å². The molecule has 0 spiro atoms. The van der Waals surface area contributed by atoms with Crippen molar-refractivity contribution in [2.24, 2.45) is 5.10 Å². The molecule has 0 atom stereocenters. The van der Waals surface area contributed by atoms with E-state index < -0.39 is 0 Å². The van der Waals surface area contributed by atoms with Gasteiger partial charge in [0, 0.05) is 21.3 Å². The van der Waals surface area contributed by atoms with Crippen molar-refractivity contribution in [3.8, 4) is 28.6 Å². The van der Waals surface area contributed by atoms with Crippen molar-refractivity contribution in [2.45, 2.75) is 40.5 Å². The zero-order chi connectivity index (χ0) is 34.5. The number of anilines is 1. The van der Waals surface area contributed by atoms with E-state index in [1.807, 2.05) is 69.3 Å². The number of benzene rings is 4. The number of para-hydroxylation sites is 2. The van der Waals surface area contributed by atoms with Gasteiger partial charge in [0.05, 0.1) is 35.3 Å². The second-order valence-electron chi connectivity index (χ2n) is 11.4. The van der Waals surface area contributed by atoms with Gasteiger partial charge in [0.15, 0.2) is 23.9 Å². The zero-order valence-corrected chi connectivity index (χ0v) is 30.7. The van der Waals surface area contributed by atoms with Crippen LogP contribution in [0.15, 0.2) is 85.6 Å². The van der Waals surface area contributed by atoms with Gasteiger partial charge in [-0.2, -0.15) is 9.78 Å². The van der Waals surface area contributed by atoms with E-state index in [2.05, 4.69) is 51.0 Å². The number of nitrogens with one attached hydrogen (secondary N) is 1. The molecule has 1 amide bonds. The van der Waals surface area contributed by atoms with Crippen LogP contribution in [0.1, 0.15) is 48.9 Å². The Morgan fingerprint density at radius 3 is 2.42 bits per heavy atom. The summed E-state index contributed by atoms with van der Waals surface area (Å²) in [6.07, 6.45) is 1.57. The van der Waals surface area contributed by atoms with Gasteiger partial charge in [-0.05, 0) is 112 Å². The quantitative estimate of drug-likeness (QED) is 0.135. The molecule has 4 aromatic carbocycles. The summed E-state index contributed by atoms with van der Waals surface area (Å²) < 4.78 is 20.0. The van der Waals surface area contributed by atoms with Crippen LogP contribution in [0, 0.1) is 13.8 Å². The number of methoxy groups -OCH3 is 1. The predicted molar refractivity (Wildman–Crippen MR) is 198 cm³/mol. The number of ether oxygens (including phenoxy) is 3. The zero-order valence-electron chi connectivity index (χ0n) is 27.6. The van der Waals surface area contributed by atoms with E-state index in [4.69, 9.17) is 24.3 Å². The summed E-state index contributed by atoms with van der Waals surface area (Å²) in [5.41, 5.74) is 5.16. The van der Waals surface area contributed by atoms with E-state index in [0.29, 0.717) is 55.0 Å². The summed E-state index contributed by atoms with van der Waals surface area (Å²) in [6.45, 7) is 10.0. The molecule has 0 aliphatic rings. The van der Waals surface area contributed by atoms with Gasteiger partial charge in [0.25, 0.3) is 11.5 Å². The van der Waals surface area contributed by atoms with Gasteiger partial charge < -0.3 is 19.5 Å². The Hall–Kier alpha value is -4.48. The largest absolute Gasteiger partial charge is 0.496 e. The molecule has 5 aromatic rings. The monoisotopic (exact) mass is 774 g/mol. The number of carbonyl (C=O) groups excluding carboxylic acids is 1. The van der Waals surface area contributed by atoms with Crippen molar-refractivity contribution in [2.75, 3.05) is 25.6 Å². The Balaban J connectivity index is 1.56. The number of hydrogen-bond acceptors (Lipinski definition) is 7. The normalized spacial score (nSPS) is 11.4. The second-order valence-corrected chi connectivity index (χ2v) is 13.0. The fraction of sp³-hybridized carbons (Fsp3) is 0.243. The number of amides is 1. The number of nitrogens with zero attached hydrogens (tertiary/aromatic N) is 3. The first-order valence-corrected chi connectivity index (χ1v) is 17.0. The van der Waals surface area contributed by atoms with Gasteiger partial charge in [-0.1, -0.05) is 44.2 Å². The van der Waals surface area contributed by atoms with Crippen LogP contribution in [0.2, 0.25) is 0 Å². The second kappa shape index (κ2) is 15.2. The first-order chi connectivity index (χ1) is 23.0. The number of aryl methyl sites for hydroxylation is 2. The number of hydrogen-bond donors (Lipinski definition) is 1. The fourth-order valence-electron chi connectivity index (χ4n) is 5.23. The van der Waals surface area contributed by atoms with E-state index in [1.54, 1.807) is 31.5 Å². The molecule has 0 aliphatic heterocycles. The Morgan fingerprint density at radius 1 is 0.979 bits per heavy atom. The van der Waals surface area contributed by atoms with E-state index in [-0.39, 0.29) is 24.0 Å². The van der Waals surface area contributed by atoms with Crippen LogP contribution in [0.4, 0.5) is 5.69 Å². The molecule has 5 rings (SSSR count). The lowest BCUT2D eigenvalue weighted by molar-refractivity contribution is -0.118. The van der Waals surface area contributed by atoms with E-state index >= 15 is 0 Å². The van der Waals surface area contributed by atoms with Gasteiger partial charge in [-0.3, -0.25) is 9.59 Å². The lowest BCUT2D eigenvalue weighted by Crippen LogP contribution is -2.21. The highest BCUT2D eigenvalue weighted by Crippen LogP contribution is 2.42. The molecule has 248 valence electrons. The first kappa shape index (κ1) is 34.8. The highest BCUT2D eigenvalue weighted by Gasteiger charge is 2.21. The van der Waals surface area contributed by atoms with Crippen LogP contribution in [0.25, 0.3) is 22.3 Å². The van der Waals surface area contributed by atoms with Gasteiger partial charge in [-0.25, -0.2) is 4.98 Å². The van der Waals surface area contributed by atoms with Crippen molar-refractivity contribution in [3.63, 3.8) is 0 Å². The van der Waals surface area contributed by atoms with Crippen molar-refractivity contribution < 1.29 is 19.0 Å². The molecule has 1 heterocycles. The first-order valence-electron chi connectivity index (χ1n) is 15.4. The molecule has 0 saturated carbocycles.